The highest BCUT2D eigenvalue weighted by Gasteiger charge is 2.54. The van der Waals surface area contributed by atoms with E-state index in [1.807, 2.05) is 6.92 Å². The van der Waals surface area contributed by atoms with Crippen molar-refractivity contribution in [3.63, 3.8) is 0 Å². The number of aliphatic hydroxyl groups is 1. The highest BCUT2D eigenvalue weighted by atomic mass is 16.6. The van der Waals surface area contributed by atoms with Gasteiger partial charge >= 0.3 is 0 Å². The van der Waals surface area contributed by atoms with Gasteiger partial charge in [-0.15, -0.1) is 0 Å². The fourth-order valence-corrected chi connectivity index (χ4v) is 1.13. The Labute approximate surface area is 55.8 Å². The zero-order valence-corrected chi connectivity index (χ0v) is 6.22. The molecule has 3 unspecified atom stereocenters. The Bertz CT molecular complexity index is 111. The molecular formula is C7H14O2. The summed E-state index contributed by atoms with van der Waals surface area (Å²) in [6.07, 6.45) is 0.960. The van der Waals surface area contributed by atoms with Crippen LogP contribution in [0.25, 0.3) is 0 Å². The second kappa shape index (κ2) is 1.96. The molecule has 0 aromatic rings. The van der Waals surface area contributed by atoms with Crippen molar-refractivity contribution in [2.45, 2.75) is 45.0 Å². The van der Waals surface area contributed by atoms with E-state index >= 15 is 0 Å². The summed E-state index contributed by atoms with van der Waals surface area (Å²) in [5, 5.41) is 9.13. The van der Waals surface area contributed by atoms with Gasteiger partial charge in [0.05, 0.1) is 12.2 Å². The predicted octanol–water partition coefficient (Wildman–Crippen LogP) is 0.935. The number of aliphatic hydroxyl groups excluding tert-OH is 1. The van der Waals surface area contributed by atoms with Crippen LogP contribution in [-0.4, -0.2) is 22.9 Å². The monoisotopic (exact) mass is 130 g/mol. The molecule has 1 N–H and O–H groups in total. The van der Waals surface area contributed by atoms with E-state index in [1.54, 1.807) is 6.92 Å². The van der Waals surface area contributed by atoms with E-state index in [2.05, 4.69) is 6.92 Å². The molecule has 2 nitrogen and oxygen atoms in total. The summed E-state index contributed by atoms with van der Waals surface area (Å²) in [7, 11) is 0. The van der Waals surface area contributed by atoms with Gasteiger partial charge in [0.2, 0.25) is 0 Å². The SMILES string of the molecule is CCC1OC1(C)C(C)O. The molecule has 1 aliphatic rings. The third kappa shape index (κ3) is 0.970. The van der Waals surface area contributed by atoms with Crippen molar-refractivity contribution in [3.8, 4) is 0 Å². The van der Waals surface area contributed by atoms with E-state index in [1.165, 1.54) is 0 Å². The van der Waals surface area contributed by atoms with E-state index < -0.39 is 0 Å². The molecule has 0 amide bonds. The van der Waals surface area contributed by atoms with Crippen molar-refractivity contribution < 1.29 is 9.84 Å². The minimum absolute atomic E-state index is 0.227. The number of rotatable bonds is 2. The first-order valence-electron chi connectivity index (χ1n) is 3.47. The van der Waals surface area contributed by atoms with Gasteiger partial charge in [-0.2, -0.15) is 0 Å². The van der Waals surface area contributed by atoms with Crippen LogP contribution in [0.5, 0.6) is 0 Å². The molecule has 2 heteroatoms. The zero-order valence-electron chi connectivity index (χ0n) is 6.22. The van der Waals surface area contributed by atoms with Crippen LogP contribution in [0.4, 0.5) is 0 Å². The summed E-state index contributed by atoms with van der Waals surface area (Å²) in [5.41, 5.74) is -0.227. The summed E-state index contributed by atoms with van der Waals surface area (Å²) in [6.45, 7) is 5.79. The Morgan fingerprint density at radius 3 is 2.44 bits per heavy atom. The normalized spacial score (nSPS) is 44.7. The van der Waals surface area contributed by atoms with Crippen molar-refractivity contribution in [3.05, 3.63) is 0 Å². The molecule has 1 rings (SSSR count). The lowest BCUT2D eigenvalue weighted by atomic mass is 10.0. The molecule has 3 atom stereocenters. The molecule has 0 aromatic heterocycles. The number of ether oxygens (including phenoxy) is 1. The third-order valence-electron chi connectivity index (χ3n) is 2.18. The molecular weight excluding hydrogens is 116 g/mol. The maximum atomic E-state index is 9.13. The zero-order chi connectivity index (χ0) is 7.07. The van der Waals surface area contributed by atoms with Gasteiger partial charge in [0.15, 0.2) is 0 Å². The van der Waals surface area contributed by atoms with Crippen LogP contribution in [0.1, 0.15) is 27.2 Å². The van der Waals surface area contributed by atoms with Gasteiger partial charge in [0.1, 0.15) is 5.60 Å². The summed E-state index contributed by atoms with van der Waals surface area (Å²) in [4.78, 5) is 0. The minimum Gasteiger partial charge on any atom is -0.390 e. The average Bonchev–Trinajstić information content (AvgIpc) is 2.44. The number of hydrogen-bond acceptors (Lipinski definition) is 2. The van der Waals surface area contributed by atoms with Crippen LogP contribution in [0, 0.1) is 0 Å². The fraction of sp³-hybridized carbons (Fsp3) is 1.00. The molecule has 1 heterocycles. The van der Waals surface area contributed by atoms with E-state index in [0.717, 1.165) is 6.42 Å². The Morgan fingerprint density at radius 2 is 2.33 bits per heavy atom. The third-order valence-corrected chi connectivity index (χ3v) is 2.18. The lowest BCUT2D eigenvalue weighted by molar-refractivity contribution is 0.101. The van der Waals surface area contributed by atoms with E-state index in [4.69, 9.17) is 9.84 Å². The molecule has 0 aliphatic carbocycles. The fourth-order valence-electron chi connectivity index (χ4n) is 1.13. The highest BCUT2D eigenvalue weighted by Crippen LogP contribution is 2.40. The molecule has 9 heavy (non-hydrogen) atoms. The highest BCUT2D eigenvalue weighted by molar-refractivity contribution is 5.01. The Balaban J connectivity index is 2.42. The molecule has 0 bridgehead atoms. The summed E-state index contributed by atoms with van der Waals surface area (Å²) in [6, 6.07) is 0. The summed E-state index contributed by atoms with van der Waals surface area (Å²) >= 11 is 0. The molecule has 0 spiro atoms. The lowest BCUT2D eigenvalue weighted by Crippen LogP contribution is -2.25. The van der Waals surface area contributed by atoms with Crippen molar-refractivity contribution in [2.75, 3.05) is 0 Å². The summed E-state index contributed by atoms with van der Waals surface area (Å²) in [5.74, 6) is 0. The molecule has 1 fully saturated rings. The van der Waals surface area contributed by atoms with Crippen LogP contribution >= 0.6 is 0 Å². The number of hydrogen-bond donors (Lipinski definition) is 1. The molecule has 0 aromatic carbocycles. The Morgan fingerprint density at radius 1 is 1.78 bits per heavy atom. The van der Waals surface area contributed by atoms with Gasteiger partial charge in [-0.25, -0.2) is 0 Å². The van der Waals surface area contributed by atoms with E-state index in [-0.39, 0.29) is 17.8 Å². The van der Waals surface area contributed by atoms with Gasteiger partial charge < -0.3 is 9.84 Å². The van der Waals surface area contributed by atoms with Crippen molar-refractivity contribution in [2.24, 2.45) is 0 Å². The topological polar surface area (TPSA) is 32.8 Å². The van der Waals surface area contributed by atoms with Gasteiger partial charge in [0.25, 0.3) is 0 Å². The Kier molecular flexibility index (Phi) is 1.53. The Hall–Kier alpha value is -0.0800. The first-order valence-corrected chi connectivity index (χ1v) is 3.47. The van der Waals surface area contributed by atoms with Gasteiger partial charge in [-0.1, -0.05) is 6.92 Å². The van der Waals surface area contributed by atoms with Gasteiger partial charge in [0, 0.05) is 0 Å². The summed E-state index contributed by atoms with van der Waals surface area (Å²) < 4.78 is 5.27. The predicted molar refractivity (Wildman–Crippen MR) is 35.2 cm³/mol. The molecule has 54 valence electrons. The van der Waals surface area contributed by atoms with Crippen molar-refractivity contribution in [1.29, 1.82) is 0 Å². The van der Waals surface area contributed by atoms with Crippen LogP contribution < -0.4 is 0 Å². The molecule has 0 radical (unpaired) electrons. The minimum atomic E-state index is -0.331. The number of epoxide rings is 1. The van der Waals surface area contributed by atoms with E-state index in [9.17, 15) is 0 Å². The second-order valence-electron chi connectivity index (χ2n) is 2.87. The standard InChI is InChI=1S/C7H14O2/c1-4-6-7(3,9-6)5(2)8/h5-6,8H,4H2,1-3H3. The van der Waals surface area contributed by atoms with Crippen LogP contribution in [0.2, 0.25) is 0 Å². The van der Waals surface area contributed by atoms with Gasteiger partial charge in [-0.05, 0) is 20.3 Å². The van der Waals surface area contributed by atoms with Crippen LogP contribution in [-0.2, 0) is 4.74 Å². The van der Waals surface area contributed by atoms with Crippen molar-refractivity contribution in [1.82, 2.24) is 0 Å². The second-order valence-corrected chi connectivity index (χ2v) is 2.87. The smallest absolute Gasteiger partial charge is 0.117 e. The van der Waals surface area contributed by atoms with Crippen LogP contribution in [0.15, 0.2) is 0 Å². The largest absolute Gasteiger partial charge is 0.390 e. The lowest BCUT2D eigenvalue weighted by Gasteiger charge is -2.07. The molecule has 0 saturated carbocycles. The first kappa shape index (κ1) is 7.03. The van der Waals surface area contributed by atoms with Crippen LogP contribution in [0.3, 0.4) is 0 Å². The first-order chi connectivity index (χ1) is 4.11. The average molecular weight is 130 g/mol. The maximum absolute atomic E-state index is 9.13. The molecule has 1 saturated heterocycles. The molecule has 1 aliphatic heterocycles. The quantitative estimate of drug-likeness (QED) is 0.564. The maximum Gasteiger partial charge on any atom is 0.117 e. The van der Waals surface area contributed by atoms with Gasteiger partial charge in [-0.3, -0.25) is 0 Å². The van der Waals surface area contributed by atoms with Crippen molar-refractivity contribution >= 4 is 0 Å². The van der Waals surface area contributed by atoms with E-state index in [0.29, 0.717) is 0 Å².